The van der Waals surface area contributed by atoms with Crippen LogP contribution in [-0.2, 0) is 4.79 Å². The van der Waals surface area contributed by atoms with Crippen LogP contribution < -0.4 is 10.1 Å². The van der Waals surface area contributed by atoms with E-state index in [9.17, 15) is 9.59 Å². The summed E-state index contributed by atoms with van der Waals surface area (Å²) in [4.78, 5) is 22.5. The van der Waals surface area contributed by atoms with Crippen molar-refractivity contribution in [3.05, 3.63) is 65.2 Å². The molecular weight excluding hydrogens is 278 g/mol. The minimum Gasteiger partial charge on any atom is -0.484 e. The SMILES string of the molecule is Cc1ccc(C(C)NC(=O)COc2ccc(C=O)cc2)cc1. The van der Waals surface area contributed by atoms with Gasteiger partial charge in [-0.3, -0.25) is 9.59 Å². The molecule has 0 aliphatic rings. The van der Waals surface area contributed by atoms with Gasteiger partial charge in [-0.15, -0.1) is 0 Å². The van der Waals surface area contributed by atoms with Gasteiger partial charge in [-0.2, -0.15) is 0 Å². The van der Waals surface area contributed by atoms with Crippen LogP contribution in [-0.4, -0.2) is 18.8 Å². The molecule has 1 N–H and O–H groups in total. The monoisotopic (exact) mass is 297 g/mol. The van der Waals surface area contributed by atoms with Gasteiger partial charge < -0.3 is 10.1 Å². The van der Waals surface area contributed by atoms with Crippen LogP contribution in [0, 0.1) is 6.92 Å². The molecule has 2 aromatic carbocycles. The number of rotatable bonds is 6. The van der Waals surface area contributed by atoms with Gasteiger partial charge in [0.05, 0.1) is 6.04 Å². The minimum atomic E-state index is -0.187. The Labute approximate surface area is 130 Å². The molecule has 2 rings (SSSR count). The average Bonchev–Trinajstić information content (AvgIpc) is 2.54. The predicted molar refractivity (Wildman–Crippen MR) is 85.1 cm³/mol. The van der Waals surface area contributed by atoms with Crippen LogP contribution in [0.2, 0.25) is 0 Å². The van der Waals surface area contributed by atoms with Crippen LogP contribution in [0.15, 0.2) is 48.5 Å². The highest BCUT2D eigenvalue weighted by molar-refractivity contribution is 5.78. The van der Waals surface area contributed by atoms with E-state index in [1.54, 1.807) is 24.3 Å². The molecule has 0 saturated carbocycles. The van der Waals surface area contributed by atoms with Gasteiger partial charge in [0.1, 0.15) is 12.0 Å². The van der Waals surface area contributed by atoms with Gasteiger partial charge in [0.2, 0.25) is 0 Å². The predicted octanol–water partition coefficient (Wildman–Crippen LogP) is 3.06. The van der Waals surface area contributed by atoms with Crippen molar-refractivity contribution in [3.63, 3.8) is 0 Å². The molecule has 1 atom stereocenters. The first-order valence-electron chi connectivity index (χ1n) is 7.12. The number of carbonyl (C=O) groups excluding carboxylic acids is 2. The van der Waals surface area contributed by atoms with Gasteiger partial charge in [0, 0.05) is 5.56 Å². The van der Waals surface area contributed by atoms with Gasteiger partial charge in [0.25, 0.3) is 5.91 Å². The van der Waals surface area contributed by atoms with E-state index < -0.39 is 0 Å². The van der Waals surface area contributed by atoms with Gasteiger partial charge in [-0.25, -0.2) is 0 Å². The number of ether oxygens (including phenoxy) is 1. The maximum Gasteiger partial charge on any atom is 0.258 e. The maximum atomic E-state index is 11.9. The van der Waals surface area contributed by atoms with Crippen LogP contribution in [0.5, 0.6) is 5.75 Å². The van der Waals surface area contributed by atoms with E-state index in [1.807, 2.05) is 38.1 Å². The van der Waals surface area contributed by atoms with E-state index in [-0.39, 0.29) is 18.6 Å². The third-order valence-electron chi connectivity index (χ3n) is 3.34. The molecular formula is C18H19NO3. The zero-order valence-corrected chi connectivity index (χ0v) is 12.7. The molecule has 0 aliphatic carbocycles. The molecule has 1 unspecified atom stereocenters. The fourth-order valence-electron chi connectivity index (χ4n) is 2.01. The van der Waals surface area contributed by atoms with Crippen LogP contribution in [0.3, 0.4) is 0 Å². The highest BCUT2D eigenvalue weighted by atomic mass is 16.5. The Kier molecular flexibility index (Phi) is 5.31. The molecule has 0 aliphatic heterocycles. The molecule has 2 aromatic rings. The van der Waals surface area contributed by atoms with Crippen molar-refractivity contribution in [1.29, 1.82) is 0 Å². The van der Waals surface area contributed by atoms with Crippen LogP contribution in [0.25, 0.3) is 0 Å². The van der Waals surface area contributed by atoms with Gasteiger partial charge in [-0.05, 0) is 43.7 Å². The first-order valence-corrected chi connectivity index (χ1v) is 7.12. The second-order valence-corrected chi connectivity index (χ2v) is 5.18. The van der Waals surface area contributed by atoms with E-state index >= 15 is 0 Å². The van der Waals surface area contributed by atoms with Crippen LogP contribution in [0.4, 0.5) is 0 Å². The van der Waals surface area contributed by atoms with E-state index in [4.69, 9.17) is 4.74 Å². The van der Waals surface area contributed by atoms with E-state index in [0.717, 1.165) is 11.8 Å². The van der Waals surface area contributed by atoms with Gasteiger partial charge in [0.15, 0.2) is 6.61 Å². The Hall–Kier alpha value is -2.62. The fourth-order valence-corrected chi connectivity index (χ4v) is 2.01. The lowest BCUT2D eigenvalue weighted by atomic mass is 10.1. The summed E-state index contributed by atoms with van der Waals surface area (Å²) in [5.74, 6) is 0.372. The lowest BCUT2D eigenvalue weighted by molar-refractivity contribution is -0.123. The summed E-state index contributed by atoms with van der Waals surface area (Å²) in [5.41, 5.74) is 2.81. The number of hydrogen-bond donors (Lipinski definition) is 1. The average molecular weight is 297 g/mol. The van der Waals surface area contributed by atoms with Crippen molar-refractivity contribution in [2.75, 3.05) is 6.61 Å². The van der Waals surface area contributed by atoms with E-state index in [0.29, 0.717) is 11.3 Å². The highest BCUT2D eigenvalue weighted by Gasteiger charge is 2.10. The second-order valence-electron chi connectivity index (χ2n) is 5.18. The third-order valence-corrected chi connectivity index (χ3v) is 3.34. The van der Waals surface area contributed by atoms with E-state index in [2.05, 4.69) is 5.32 Å². The minimum absolute atomic E-state index is 0.0589. The molecule has 1 amide bonds. The second kappa shape index (κ2) is 7.41. The van der Waals surface area contributed by atoms with Crippen molar-refractivity contribution in [2.45, 2.75) is 19.9 Å². The Morgan fingerprint density at radius 1 is 1.14 bits per heavy atom. The lowest BCUT2D eigenvalue weighted by Gasteiger charge is -2.15. The van der Waals surface area contributed by atoms with Gasteiger partial charge in [-0.1, -0.05) is 29.8 Å². The summed E-state index contributed by atoms with van der Waals surface area (Å²) in [5, 5.41) is 2.89. The Morgan fingerprint density at radius 3 is 2.36 bits per heavy atom. The fraction of sp³-hybridized carbons (Fsp3) is 0.222. The zero-order valence-electron chi connectivity index (χ0n) is 12.7. The molecule has 0 saturated heterocycles. The summed E-state index contributed by atoms with van der Waals surface area (Å²) in [6, 6.07) is 14.6. The smallest absolute Gasteiger partial charge is 0.258 e. The number of nitrogens with one attached hydrogen (secondary N) is 1. The summed E-state index contributed by atoms with van der Waals surface area (Å²) in [6.45, 7) is 3.90. The Morgan fingerprint density at radius 2 is 1.77 bits per heavy atom. The van der Waals surface area contributed by atoms with Crippen LogP contribution in [0.1, 0.15) is 34.5 Å². The van der Waals surface area contributed by atoms with E-state index in [1.165, 1.54) is 5.56 Å². The molecule has 0 radical (unpaired) electrons. The lowest BCUT2D eigenvalue weighted by Crippen LogP contribution is -2.31. The summed E-state index contributed by atoms with van der Waals surface area (Å²) >= 11 is 0. The largest absolute Gasteiger partial charge is 0.484 e. The maximum absolute atomic E-state index is 11.9. The number of amides is 1. The normalized spacial score (nSPS) is 11.5. The third kappa shape index (κ3) is 4.45. The van der Waals surface area contributed by atoms with Crippen molar-refractivity contribution >= 4 is 12.2 Å². The summed E-state index contributed by atoms with van der Waals surface area (Å²) < 4.78 is 5.40. The molecule has 0 spiro atoms. The number of aryl methyl sites for hydroxylation is 1. The molecule has 0 aromatic heterocycles. The summed E-state index contributed by atoms with van der Waals surface area (Å²) in [7, 11) is 0. The number of hydrogen-bond acceptors (Lipinski definition) is 3. The molecule has 22 heavy (non-hydrogen) atoms. The standard InChI is InChI=1S/C18H19NO3/c1-13-3-7-16(8-4-13)14(2)19-18(21)12-22-17-9-5-15(11-20)6-10-17/h3-11,14H,12H2,1-2H3,(H,19,21). The van der Waals surface area contributed by atoms with Crippen molar-refractivity contribution < 1.29 is 14.3 Å². The first kappa shape index (κ1) is 15.8. The molecule has 0 heterocycles. The molecule has 0 bridgehead atoms. The number of carbonyl (C=O) groups is 2. The molecule has 114 valence electrons. The number of benzene rings is 2. The summed E-state index contributed by atoms with van der Waals surface area (Å²) in [6.07, 6.45) is 0.764. The topological polar surface area (TPSA) is 55.4 Å². The quantitative estimate of drug-likeness (QED) is 0.834. The van der Waals surface area contributed by atoms with Crippen molar-refractivity contribution in [2.24, 2.45) is 0 Å². The molecule has 4 nitrogen and oxygen atoms in total. The Balaban J connectivity index is 1.84. The van der Waals surface area contributed by atoms with Gasteiger partial charge >= 0.3 is 0 Å². The van der Waals surface area contributed by atoms with Crippen molar-refractivity contribution in [1.82, 2.24) is 5.32 Å². The first-order chi connectivity index (χ1) is 10.6. The van der Waals surface area contributed by atoms with Crippen molar-refractivity contribution in [3.8, 4) is 5.75 Å². The Bertz CT molecular complexity index is 632. The molecule has 4 heteroatoms. The van der Waals surface area contributed by atoms with Crippen LogP contribution >= 0.6 is 0 Å². The molecule has 0 fully saturated rings. The number of aldehydes is 1. The zero-order chi connectivity index (χ0) is 15.9. The highest BCUT2D eigenvalue weighted by Crippen LogP contribution is 2.14.